The Morgan fingerprint density at radius 1 is 0.742 bits per heavy atom. The van der Waals surface area contributed by atoms with E-state index in [-0.39, 0.29) is 36.2 Å². The van der Waals surface area contributed by atoms with Crippen molar-refractivity contribution in [3.05, 3.63) is 59.7 Å². The zero-order valence-corrected chi connectivity index (χ0v) is 16.2. The number of esters is 2. The van der Waals surface area contributed by atoms with Crippen LogP contribution in [0.3, 0.4) is 0 Å². The smallest absolute Gasteiger partial charge is 0.331 e. The molecule has 2 atom stereocenters. The van der Waals surface area contributed by atoms with Crippen LogP contribution in [0.25, 0.3) is 12.2 Å². The lowest BCUT2D eigenvalue weighted by Crippen LogP contribution is -2.33. The van der Waals surface area contributed by atoms with Crippen LogP contribution in [0, 0.1) is 0 Å². The predicted molar refractivity (Wildman–Crippen MR) is 108 cm³/mol. The predicted octanol–water partition coefficient (Wildman–Crippen LogP) is 2.09. The van der Waals surface area contributed by atoms with Gasteiger partial charge in [0.2, 0.25) is 0 Å². The largest absolute Gasteiger partial charge is 0.504 e. The van der Waals surface area contributed by atoms with E-state index < -0.39 is 24.1 Å². The van der Waals surface area contributed by atoms with E-state index in [1.54, 1.807) is 0 Å². The molecule has 0 amide bonds. The van der Waals surface area contributed by atoms with E-state index in [2.05, 4.69) is 0 Å². The molecule has 1 aliphatic rings. The maximum atomic E-state index is 12.1. The number of hydrogen-bond donors (Lipinski definition) is 4. The third-order valence-electron chi connectivity index (χ3n) is 4.34. The Morgan fingerprint density at radius 3 is 1.55 bits per heavy atom. The quantitative estimate of drug-likeness (QED) is 0.309. The number of hydrogen-bond acceptors (Lipinski definition) is 9. The van der Waals surface area contributed by atoms with E-state index in [1.165, 1.54) is 48.6 Å². The van der Waals surface area contributed by atoms with Gasteiger partial charge in [0.05, 0.1) is 13.2 Å². The molecule has 2 aromatic rings. The van der Waals surface area contributed by atoms with Crippen molar-refractivity contribution in [3.63, 3.8) is 0 Å². The summed E-state index contributed by atoms with van der Waals surface area (Å²) in [4.78, 5) is 24.1. The minimum Gasteiger partial charge on any atom is -0.504 e. The molecule has 31 heavy (non-hydrogen) atoms. The molecule has 1 saturated heterocycles. The van der Waals surface area contributed by atoms with Gasteiger partial charge in [-0.3, -0.25) is 0 Å². The number of aromatic hydroxyl groups is 4. The summed E-state index contributed by atoms with van der Waals surface area (Å²) in [6.07, 6.45) is 3.49. The summed E-state index contributed by atoms with van der Waals surface area (Å²) in [5.41, 5.74) is 0.951. The van der Waals surface area contributed by atoms with Crippen LogP contribution < -0.4 is 0 Å². The fraction of sp³-hybridized carbons (Fsp3) is 0.182. The SMILES string of the molecule is O=C(/C=C/c1ccc(O)c(O)c1)O[C@H]1COC[C@@H]1OC(=O)/C=C/c1ccc(O)c(O)c1. The highest BCUT2D eigenvalue weighted by atomic mass is 16.6. The second-order valence-corrected chi connectivity index (χ2v) is 6.65. The molecule has 1 aliphatic heterocycles. The molecular formula is C22H20O9. The van der Waals surface area contributed by atoms with Gasteiger partial charge in [-0.15, -0.1) is 0 Å². The van der Waals surface area contributed by atoms with Crippen molar-refractivity contribution in [1.82, 2.24) is 0 Å². The molecule has 9 nitrogen and oxygen atoms in total. The highest BCUT2D eigenvalue weighted by Gasteiger charge is 2.34. The van der Waals surface area contributed by atoms with Crippen LogP contribution in [0.5, 0.6) is 23.0 Å². The lowest BCUT2D eigenvalue weighted by molar-refractivity contribution is -0.157. The van der Waals surface area contributed by atoms with Crippen molar-refractivity contribution in [2.75, 3.05) is 13.2 Å². The second-order valence-electron chi connectivity index (χ2n) is 6.65. The van der Waals surface area contributed by atoms with Gasteiger partial charge in [-0.1, -0.05) is 12.1 Å². The molecule has 0 unspecified atom stereocenters. The Labute approximate surface area is 177 Å². The zero-order chi connectivity index (χ0) is 22.4. The standard InChI is InChI=1S/C22H20O9/c23-15-5-1-13(9-17(15)25)3-7-21(27)30-19-11-29-12-20(19)31-22(28)8-4-14-2-6-16(24)18(26)10-14/h1-10,19-20,23-26H,11-12H2/b7-3+,8-4+/t19-,20-/m0/s1. The first kappa shape index (κ1) is 21.7. The summed E-state index contributed by atoms with van der Waals surface area (Å²) in [6.45, 7) is 0.125. The Balaban J connectivity index is 1.53. The van der Waals surface area contributed by atoms with Gasteiger partial charge < -0.3 is 34.6 Å². The summed E-state index contributed by atoms with van der Waals surface area (Å²) in [6, 6.07) is 8.14. The van der Waals surface area contributed by atoms with E-state index in [1.807, 2.05) is 0 Å². The van der Waals surface area contributed by atoms with Crippen LogP contribution in [0.15, 0.2) is 48.6 Å². The molecule has 9 heteroatoms. The van der Waals surface area contributed by atoms with E-state index in [9.17, 15) is 30.0 Å². The van der Waals surface area contributed by atoms with Crippen molar-refractivity contribution >= 4 is 24.1 Å². The summed E-state index contributed by atoms with van der Waals surface area (Å²) in [5.74, 6) is -2.57. The Morgan fingerprint density at radius 2 is 1.16 bits per heavy atom. The van der Waals surface area contributed by atoms with Gasteiger partial charge in [0.15, 0.2) is 35.2 Å². The molecule has 0 radical (unpaired) electrons. The van der Waals surface area contributed by atoms with Crippen LogP contribution in [0.4, 0.5) is 0 Å². The fourth-order valence-electron chi connectivity index (χ4n) is 2.73. The van der Waals surface area contributed by atoms with E-state index in [0.29, 0.717) is 11.1 Å². The Kier molecular flexibility index (Phi) is 6.78. The average Bonchev–Trinajstić information content (AvgIpc) is 3.16. The zero-order valence-electron chi connectivity index (χ0n) is 16.2. The average molecular weight is 428 g/mol. The molecule has 2 aromatic carbocycles. The first-order valence-electron chi connectivity index (χ1n) is 9.21. The van der Waals surface area contributed by atoms with E-state index in [0.717, 1.165) is 12.2 Å². The van der Waals surface area contributed by atoms with Gasteiger partial charge in [0.1, 0.15) is 0 Å². The normalized spacial score (nSPS) is 18.5. The van der Waals surface area contributed by atoms with Crippen molar-refractivity contribution in [3.8, 4) is 23.0 Å². The molecule has 3 rings (SSSR count). The monoisotopic (exact) mass is 428 g/mol. The molecule has 162 valence electrons. The van der Waals surface area contributed by atoms with Gasteiger partial charge in [-0.2, -0.15) is 0 Å². The number of ether oxygens (including phenoxy) is 3. The maximum absolute atomic E-state index is 12.1. The van der Waals surface area contributed by atoms with Crippen LogP contribution in [-0.4, -0.2) is 57.8 Å². The Hall–Kier alpha value is -3.98. The van der Waals surface area contributed by atoms with Gasteiger partial charge in [0, 0.05) is 12.2 Å². The third-order valence-corrected chi connectivity index (χ3v) is 4.34. The number of carbonyl (C=O) groups is 2. The first-order valence-corrected chi connectivity index (χ1v) is 9.21. The maximum Gasteiger partial charge on any atom is 0.331 e. The molecular weight excluding hydrogens is 408 g/mol. The molecule has 0 bridgehead atoms. The molecule has 0 aliphatic carbocycles. The van der Waals surface area contributed by atoms with Gasteiger partial charge >= 0.3 is 11.9 Å². The first-order chi connectivity index (χ1) is 14.8. The molecule has 0 aromatic heterocycles. The lowest BCUT2D eigenvalue weighted by atomic mass is 10.2. The highest BCUT2D eigenvalue weighted by Crippen LogP contribution is 2.26. The van der Waals surface area contributed by atoms with Crippen LogP contribution in [0.2, 0.25) is 0 Å². The fourth-order valence-corrected chi connectivity index (χ4v) is 2.73. The Bertz CT molecular complexity index is 944. The minimum absolute atomic E-state index is 0.0626. The summed E-state index contributed by atoms with van der Waals surface area (Å²) in [7, 11) is 0. The summed E-state index contributed by atoms with van der Waals surface area (Å²) in [5, 5.41) is 37.5. The summed E-state index contributed by atoms with van der Waals surface area (Å²) >= 11 is 0. The topological polar surface area (TPSA) is 143 Å². The van der Waals surface area contributed by atoms with E-state index in [4.69, 9.17) is 14.2 Å². The van der Waals surface area contributed by atoms with E-state index >= 15 is 0 Å². The molecule has 0 spiro atoms. The van der Waals surface area contributed by atoms with Crippen LogP contribution >= 0.6 is 0 Å². The van der Waals surface area contributed by atoms with Gasteiger partial charge in [-0.25, -0.2) is 9.59 Å². The highest BCUT2D eigenvalue weighted by molar-refractivity contribution is 5.88. The van der Waals surface area contributed by atoms with Gasteiger partial charge in [-0.05, 0) is 47.5 Å². The number of benzene rings is 2. The molecule has 1 heterocycles. The molecule has 4 N–H and O–H groups in total. The third kappa shape index (κ3) is 6.00. The molecule has 1 fully saturated rings. The lowest BCUT2D eigenvalue weighted by Gasteiger charge is -2.17. The van der Waals surface area contributed by atoms with Crippen molar-refractivity contribution < 1.29 is 44.2 Å². The number of phenolic OH excluding ortho intramolecular Hbond substituents is 4. The van der Waals surface area contributed by atoms with Crippen LogP contribution in [-0.2, 0) is 23.8 Å². The number of carbonyl (C=O) groups excluding carboxylic acids is 2. The van der Waals surface area contributed by atoms with Gasteiger partial charge in [0.25, 0.3) is 0 Å². The summed E-state index contributed by atoms with van der Waals surface area (Å²) < 4.78 is 15.8. The van der Waals surface area contributed by atoms with Crippen molar-refractivity contribution in [1.29, 1.82) is 0 Å². The van der Waals surface area contributed by atoms with Crippen LogP contribution in [0.1, 0.15) is 11.1 Å². The number of phenols is 4. The van der Waals surface area contributed by atoms with Crippen molar-refractivity contribution in [2.45, 2.75) is 12.2 Å². The second kappa shape index (κ2) is 9.68. The number of rotatable bonds is 6. The minimum atomic E-state index is -0.791. The van der Waals surface area contributed by atoms with Crippen molar-refractivity contribution in [2.24, 2.45) is 0 Å². The molecule has 0 saturated carbocycles.